The van der Waals surface area contributed by atoms with Crippen LogP contribution in [-0.4, -0.2) is 74.8 Å². The quantitative estimate of drug-likeness (QED) is 0.367. The monoisotopic (exact) mass is 396 g/mol. The molecule has 0 amide bonds. The fourth-order valence-corrected chi connectivity index (χ4v) is 3.58. The van der Waals surface area contributed by atoms with Crippen LogP contribution in [0.5, 0.6) is 0 Å². The maximum Gasteiger partial charge on any atom is 0.194 e. The first-order chi connectivity index (χ1) is 14.3. The van der Waals surface area contributed by atoms with Gasteiger partial charge in [0.1, 0.15) is 12.1 Å². The van der Waals surface area contributed by atoms with E-state index >= 15 is 0 Å². The molecule has 0 aromatic carbocycles. The molecule has 3 aromatic rings. The molecule has 9 heteroatoms. The number of rotatable bonds is 7. The molecule has 0 unspecified atom stereocenters. The van der Waals surface area contributed by atoms with Crippen LogP contribution in [-0.2, 0) is 13.0 Å². The van der Waals surface area contributed by atoms with Gasteiger partial charge in [0.05, 0.1) is 5.69 Å². The molecule has 1 aliphatic heterocycles. The Morgan fingerprint density at radius 2 is 2.07 bits per heavy atom. The van der Waals surface area contributed by atoms with Gasteiger partial charge in [-0.15, -0.1) is 10.2 Å². The van der Waals surface area contributed by atoms with Crippen molar-refractivity contribution in [2.75, 3.05) is 39.3 Å². The molecule has 4 rings (SSSR count). The zero-order valence-electron chi connectivity index (χ0n) is 16.9. The lowest BCUT2D eigenvalue weighted by Crippen LogP contribution is -2.52. The fourth-order valence-electron chi connectivity index (χ4n) is 3.58. The number of aryl methyl sites for hydroxylation is 1. The molecular weight excluding hydrogens is 368 g/mol. The molecule has 9 nitrogen and oxygen atoms in total. The van der Waals surface area contributed by atoms with Gasteiger partial charge in [0.15, 0.2) is 11.6 Å². The Hall–Kier alpha value is -2.94. The highest BCUT2D eigenvalue weighted by Crippen LogP contribution is 2.08. The lowest BCUT2D eigenvalue weighted by molar-refractivity contribution is 0.169. The van der Waals surface area contributed by atoms with Gasteiger partial charge in [-0.1, -0.05) is 11.2 Å². The highest BCUT2D eigenvalue weighted by Gasteiger charge is 2.20. The molecule has 0 aliphatic carbocycles. The molecule has 0 saturated carbocycles. The number of piperazine rings is 1. The SMILES string of the molecule is CCNC(=NCCCc1nnc2ccccn12)N1CCN(Cc2ccon2)CC1. The van der Waals surface area contributed by atoms with Gasteiger partial charge >= 0.3 is 0 Å². The normalized spacial score (nSPS) is 15.9. The molecule has 1 saturated heterocycles. The van der Waals surface area contributed by atoms with Gasteiger partial charge in [0.25, 0.3) is 0 Å². The molecule has 1 aliphatic rings. The summed E-state index contributed by atoms with van der Waals surface area (Å²) in [6, 6.07) is 7.88. The first-order valence-electron chi connectivity index (χ1n) is 10.3. The molecule has 4 heterocycles. The van der Waals surface area contributed by atoms with Gasteiger partial charge in [-0.3, -0.25) is 14.3 Å². The molecule has 0 atom stereocenters. The van der Waals surface area contributed by atoms with Crippen molar-refractivity contribution < 1.29 is 4.52 Å². The summed E-state index contributed by atoms with van der Waals surface area (Å²) < 4.78 is 6.97. The molecule has 0 bridgehead atoms. The Bertz CT molecular complexity index is 912. The van der Waals surface area contributed by atoms with Crippen LogP contribution in [0.4, 0.5) is 0 Å². The molecule has 0 radical (unpaired) electrons. The Morgan fingerprint density at radius 1 is 1.17 bits per heavy atom. The van der Waals surface area contributed by atoms with Crippen LogP contribution in [0.3, 0.4) is 0 Å². The summed E-state index contributed by atoms with van der Waals surface area (Å²) >= 11 is 0. The van der Waals surface area contributed by atoms with Crippen LogP contribution < -0.4 is 5.32 Å². The van der Waals surface area contributed by atoms with Gasteiger partial charge in [-0.05, 0) is 25.5 Å². The second-order valence-corrected chi connectivity index (χ2v) is 7.14. The number of hydrogen-bond donors (Lipinski definition) is 1. The lowest BCUT2D eigenvalue weighted by atomic mass is 10.3. The maximum absolute atomic E-state index is 4.93. The van der Waals surface area contributed by atoms with Gasteiger partial charge in [-0.2, -0.15) is 0 Å². The molecular formula is C20H28N8O. The van der Waals surface area contributed by atoms with Crippen molar-refractivity contribution in [2.45, 2.75) is 26.3 Å². The minimum absolute atomic E-state index is 0.767. The summed E-state index contributed by atoms with van der Waals surface area (Å²) in [6.45, 7) is 8.47. The number of pyridine rings is 1. The van der Waals surface area contributed by atoms with Crippen LogP contribution in [0.15, 0.2) is 46.2 Å². The Morgan fingerprint density at radius 3 is 2.86 bits per heavy atom. The van der Waals surface area contributed by atoms with Crippen LogP contribution in [0.2, 0.25) is 0 Å². The highest BCUT2D eigenvalue weighted by atomic mass is 16.5. The summed E-state index contributed by atoms with van der Waals surface area (Å²) in [4.78, 5) is 9.59. The summed E-state index contributed by atoms with van der Waals surface area (Å²) in [5.41, 5.74) is 1.88. The van der Waals surface area contributed by atoms with Crippen LogP contribution >= 0.6 is 0 Å². The topological polar surface area (TPSA) is 87.1 Å². The van der Waals surface area contributed by atoms with Gasteiger partial charge in [-0.25, -0.2) is 0 Å². The Kier molecular flexibility index (Phi) is 6.35. The third-order valence-electron chi connectivity index (χ3n) is 5.09. The maximum atomic E-state index is 4.93. The Labute approximate surface area is 170 Å². The Balaban J connectivity index is 1.27. The van der Waals surface area contributed by atoms with Crippen molar-refractivity contribution in [1.82, 2.24) is 34.9 Å². The zero-order chi connectivity index (χ0) is 19.9. The second-order valence-electron chi connectivity index (χ2n) is 7.14. The number of aromatic nitrogens is 4. The van der Waals surface area contributed by atoms with E-state index < -0.39 is 0 Å². The van der Waals surface area contributed by atoms with Crippen molar-refractivity contribution in [3.05, 3.63) is 48.2 Å². The minimum atomic E-state index is 0.767. The molecule has 1 fully saturated rings. The average molecular weight is 396 g/mol. The third-order valence-corrected chi connectivity index (χ3v) is 5.09. The molecule has 3 aromatic heterocycles. The number of nitrogens with zero attached hydrogens (tertiary/aromatic N) is 7. The van der Waals surface area contributed by atoms with Crippen molar-refractivity contribution in [3.8, 4) is 0 Å². The summed E-state index contributed by atoms with van der Waals surface area (Å²) in [5, 5.41) is 15.9. The minimum Gasteiger partial charge on any atom is -0.364 e. The number of nitrogens with one attached hydrogen (secondary N) is 1. The van der Waals surface area contributed by atoms with E-state index in [1.807, 2.05) is 34.9 Å². The summed E-state index contributed by atoms with van der Waals surface area (Å²) in [5.74, 6) is 1.99. The molecule has 1 N–H and O–H groups in total. The van der Waals surface area contributed by atoms with Crippen molar-refractivity contribution in [3.63, 3.8) is 0 Å². The summed E-state index contributed by atoms with van der Waals surface area (Å²) in [6.07, 6.45) is 5.44. The first-order valence-corrected chi connectivity index (χ1v) is 10.3. The largest absolute Gasteiger partial charge is 0.364 e. The number of guanidine groups is 1. The van der Waals surface area contributed by atoms with Crippen molar-refractivity contribution in [2.24, 2.45) is 4.99 Å². The zero-order valence-corrected chi connectivity index (χ0v) is 16.9. The average Bonchev–Trinajstić information content (AvgIpc) is 3.41. The van der Waals surface area contributed by atoms with E-state index in [9.17, 15) is 0 Å². The van der Waals surface area contributed by atoms with E-state index in [-0.39, 0.29) is 0 Å². The van der Waals surface area contributed by atoms with Gasteiger partial charge in [0, 0.05) is 64.5 Å². The predicted octanol–water partition coefficient (Wildman–Crippen LogP) is 1.43. The van der Waals surface area contributed by atoms with Crippen LogP contribution in [0, 0.1) is 0 Å². The van der Waals surface area contributed by atoms with E-state index in [1.165, 1.54) is 0 Å². The van der Waals surface area contributed by atoms with E-state index in [0.29, 0.717) is 0 Å². The lowest BCUT2D eigenvalue weighted by Gasteiger charge is -2.36. The number of aliphatic imine (C=N–C) groups is 1. The molecule has 0 spiro atoms. The van der Waals surface area contributed by atoms with Crippen LogP contribution in [0.1, 0.15) is 24.9 Å². The second kappa shape index (κ2) is 9.51. The van der Waals surface area contributed by atoms with E-state index in [0.717, 1.165) is 81.8 Å². The smallest absolute Gasteiger partial charge is 0.194 e. The van der Waals surface area contributed by atoms with Gasteiger partial charge in [0.2, 0.25) is 0 Å². The summed E-state index contributed by atoms with van der Waals surface area (Å²) in [7, 11) is 0. The van der Waals surface area contributed by atoms with E-state index in [4.69, 9.17) is 9.52 Å². The van der Waals surface area contributed by atoms with E-state index in [2.05, 4.69) is 37.4 Å². The van der Waals surface area contributed by atoms with E-state index in [1.54, 1.807) is 6.26 Å². The third kappa shape index (κ3) is 4.92. The van der Waals surface area contributed by atoms with Gasteiger partial charge < -0.3 is 14.7 Å². The predicted molar refractivity (Wildman–Crippen MR) is 111 cm³/mol. The molecule has 154 valence electrons. The molecule has 29 heavy (non-hydrogen) atoms. The standard InChI is InChI=1S/C20H28N8O/c1-2-21-20(27-13-11-26(12-14-27)16-17-8-15-29-25-17)22-9-5-7-19-24-23-18-6-3-4-10-28(18)19/h3-4,6,8,10,15H,2,5,7,9,11-14,16H2,1H3,(H,21,22). The first kappa shape index (κ1) is 19.4. The van der Waals surface area contributed by atoms with Crippen LogP contribution in [0.25, 0.3) is 5.65 Å². The van der Waals surface area contributed by atoms with Crippen molar-refractivity contribution in [1.29, 1.82) is 0 Å². The number of hydrogen-bond acceptors (Lipinski definition) is 6. The highest BCUT2D eigenvalue weighted by molar-refractivity contribution is 5.80. The van der Waals surface area contributed by atoms with Crippen molar-refractivity contribution >= 4 is 11.6 Å². The number of fused-ring (bicyclic) bond motifs is 1. The fraction of sp³-hybridized carbons (Fsp3) is 0.500.